The second kappa shape index (κ2) is 3.44. The zero-order chi connectivity index (χ0) is 11.1. The highest BCUT2D eigenvalue weighted by Gasteiger charge is 2.30. The summed E-state index contributed by atoms with van der Waals surface area (Å²) in [4.78, 5) is 0. The average Bonchev–Trinajstić information content (AvgIpc) is 2.46. The van der Waals surface area contributed by atoms with Gasteiger partial charge in [-0.25, -0.2) is 8.78 Å². The van der Waals surface area contributed by atoms with E-state index in [9.17, 15) is 8.78 Å². The van der Waals surface area contributed by atoms with Gasteiger partial charge < -0.3 is 0 Å². The van der Waals surface area contributed by atoms with Crippen LogP contribution in [0.4, 0.5) is 8.78 Å². The third-order valence-corrected chi connectivity index (χ3v) is 3.06. The van der Waals surface area contributed by atoms with Crippen LogP contribution in [0.2, 0.25) is 0 Å². The summed E-state index contributed by atoms with van der Waals surface area (Å²) in [6.45, 7) is 4.12. The van der Waals surface area contributed by atoms with Crippen molar-refractivity contribution in [1.82, 2.24) is 0 Å². The van der Waals surface area contributed by atoms with E-state index in [0.717, 1.165) is 18.1 Å². The summed E-state index contributed by atoms with van der Waals surface area (Å²) in [6, 6.07) is 3.76. The van der Waals surface area contributed by atoms with Crippen LogP contribution in [0.1, 0.15) is 25.8 Å². The molecule has 0 radical (unpaired) electrons. The number of halogens is 2. The molecule has 1 aliphatic rings. The van der Waals surface area contributed by atoms with Crippen LogP contribution in [0.5, 0.6) is 0 Å². The molecule has 0 aliphatic heterocycles. The van der Waals surface area contributed by atoms with Crippen LogP contribution in [-0.2, 0) is 5.41 Å². The molecule has 0 aromatic heterocycles. The van der Waals surface area contributed by atoms with Crippen molar-refractivity contribution >= 4 is 0 Å². The first-order valence-corrected chi connectivity index (χ1v) is 5.15. The largest absolute Gasteiger partial charge is 0.207 e. The van der Waals surface area contributed by atoms with Crippen LogP contribution in [0.25, 0.3) is 0 Å². The highest BCUT2D eigenvalue weighted by atomic mass is 19.1. The Labute approximate surface area is 88.6 Å². The maximum Gasteiger partial charge on any atom is 0.126 e. The van der Waals surface area contributed by atoms with E-state index in [4.69, 9.17) is 0 Å². The van der Waals surface area contributed by atoms with Gasteiger partial charge in [-0.15, -0.1) is 0 Å². The highest BCUT2D eigenvalue weighted by Crippen LogP contribution is 2.38. The van der Waals surface area contributed by atoms with E-state index in [1.807, 2.05) is 13.0 Å². The Kier molecular flexibility index (Phi) is 2.37. The molecule has 1 aromatic carbocycles. The Morgan fingerprint density at radius 3 is 2.27 bits per heavy atom. The summed E-state index contributed by atoms with van der Waals surface area (Å²) >= 11 is 0. The van der Waals surface area contributed by atoms with Gasteiger partial charge >= 0.3 is 0 Å². The van der Waals surface area contributed by atoms with Gasteiger partial charge in [0.1, 0.15) is 11.6 Å². The lowest BCUT2D eigenvalue weighted by molar-refractivity contribution is 0.498. The van der Waals surface area contributed by atoms with Crippen molar-refractivity contribution in [2.24, 2.45) is 5.92 Å². The summed E-state index contributed by atoms with van der Waals surface area (Å²) in [7, 11) is 0. The van der Waals surface area contributed by atoms with Crippen molar-refractivity contribution in [2.75, 3.05) is 0 Å². The SMILES string of the molecule is CC1C=C[C@](C)(c2cc(F)cc(F)c2)C1. The van der Waals surface area contributed by atoms with Crippen LogP contribution in [0, 0.1) is 17.6 Å². The Bertz CT molecular complexity index is 389. The molecule has 0 amide bonds. The monoisotopic (exact) mass is 208 g/mol. The fourth-order valence-corrected chi connectivity index (χ4v) is 2.28. The minimum Gasteiger partial charge on any atom is -0.207 e. The zero-order valence-corrected chi connectivity index (χ0v) is 8.93. The molecule has 1 aromatic rings. The van der Waals surface area contributed by atoms with E-state index in [1.165, 1.54) is 12.1 Å². The van der Waals surface area contributed by atoms with Crippen LogP contribution >= 0.6 is 0 Å². The number of rotatable bonds is 1. The maximum absolute atomic E-state index is 13.1. The minimum absolute atomic E-state index is 0.220. The molecule has 0 fully saturated rings. The molecule has 0 saturated heterocycles. The Morgan fingerprint density at radius 1 is 1.20 bits per heavy atom. The molecule has 1 unspecified atom stereocenters. The molecular formula is C13H14F2. The lowest BCUT2D eigenvalue weighted by Gasteiger charge is -2.23. The summed E-state index contributed by atoms with van der Waals surface area (Å²) in [6.07, 6.45) is 5.06. The van der Waals surface area contributed by atoms with Gasteiger partial charge in [-0.3, -0.25) is 0 Å². The Hall–Kier alpha value is -1.18. The average molecular weight is 208 g/mol. The van der Waals surface area contributed by atoms with Crippen molar-refractivity contribution in [2.45, 2.75) is 25.7 Å². The molecule has 0 heterocycles. The first-order valence-electron chi connectivity index (χ1n) is 5.15. The summed E-state index contributed by atoms with van der Waals surface area (Å²) in [5.41, 5.74) is 0.503. The summed E-state index contributed by atoms with van der Waals surface area (Å²) in [5, 5.41) is 0. The van der Waals surface area contributed by atoms with Gasteiger partial charge in [0.15, 0.2) is 0 Å². The van der Waals surface area contributed by atoms with E-state index >= 15 is 0 Å². The van der Waals surface area contributed by atoms with E-state index in [1.54, 1.807) is 0 Å². The molecule has 0 saturated carbocycles. The Balaban J connectivity index is 2.41. The van der Waals surface area contributed by atoms with E-state index in [-0.39, 0.29) is 5.41 Å². The third kappa shape index (κ3) is 1.94. The quantitative estimate of drug-likeness (QED) is 0.615. The van der Waals surface area contributed by atoms with Gasteiger partial charge in [0.25, 0.3) is 0 Å². The molecule has 2 rings (SSSR count). The maximum atomic E-state index is 13.1. The number of hydrogen-bond donors (Lipinski definition) is 0. The van der Waals surface area contributed by atoms with E-state index < -0.39 is 11.6 Å². The van der Waals surface area contributed by atoms with Crippen LogP contribution < -0.4 is 0 Å². The van der Waals surface area contributed by atoms with Crippen LogP contribution in [0.15, 0.2) is 30.4 Å². The molecule has 0 nitrogen and oxygen atoms in total. The van der Waals surface area contributed by atoms with Crippen molar-refractivity contribution in [1.29, 1.82) is 0 Å². The summed E-state index contributed by atoms with van der Waals surface area (Å²) in [5.74, 6) is -0.528. The second-order valence-electron chi connectivity index (χ2n) is 4.62. The molecule has 1 aliphatic carbocycles. The van der Waals surface area contributed by atoms with E-state index in [0.29, 0.717) is 5.92 Å². The Morgan fingerprint density at radius 2 is 1.80 bits per heavy atom. The molecular weight excluding hydrogens is 194 g/mol. The summed E-state index contributed by atoms with van der Waals surface area (Å²) < 4.78 is 26.2. The molecule has 15 heavy (non-hydrogen) atoms. The molecule has 2 heteroatoms. The van der Waals surface area contributed by atoms with Gasteiger partial charge in [-0.1, -0.05) is 26.0 Å². The van der Waals surface area contributed by atoms with Crippen molar-refractivity contribution < 1.29 is 8.78 Å². The molecule has 0 N–H and O–H groups in total. The van der Waals surface area contributed by atoms with Crippen molar-refractivity contribution in [3.8, 4) is 0 Å². The van der Waals surface area contributed by atoms with Crippen LogP contribution in [-0.4, -0.2) is 0 Å². The predicted molar refractivity (Wildman–Crippen MR) is 56.6 cm³/mol. The first-order chi connectivity index (χ1) is 6.99. The van der Waals surface area contributed by atoms with Gasteiger partial charge in [-0.05, 0) is 30.0 Å². The molecule has 2 atom stereocenters. The molecule has 0 spiro atoms. The lowest BCUT2D eigenvalue weighted by atomic mass is 9.81. The molecule has 80 valence electrons. The van der Waals surface area contributed by atoms with Crippen LogP contribution in [0.3, 0.4) is 0 Å². The fraction of sp³-hybridized carbons (Fsp3) is 0.385. The predicted octanol–water partition coefficient (Wildman–Crippen LogP) is 3.82. The van der Waals surface area contributed by atoms with Gasteiger partial charge in [-0.2, -0.15) is 0 Å². The normalized spacial score (nSPS) is 29.7. The first kappa shape index (κ1) is 10.3. The fourth-order valence-electron chi connectivity index (χ4n) is 2.28. The number of hydrogen-bond acceptors (Lipinski definition) is 0. The number of allylic oxidation sites excluding steroid dienone is 2. The van der Waals surface area contributed by atoms with E-state index in [2.05, 4.69) is 13.0 Å². The molecule has 0 bridgehead atoms. The van der Waals surface area contributed by atoms with Crippen molar-refractivity contribution in [3.63, 3.8) is 0 Å². The van der Waals surface area contributed by atoms with Gasteiger partial charge in [0.2, 0.25) is 0 Å². The number of benzene rings is 1. The highest BCUT2D eigenvalue weighted by molar-refractivity contribution is 5.34. The topological polar surface area (TPSA) is 0 Å². The van der Waals surface area contributed by atoms with Gasteiger partial charge in [0, 0.05) is 11.5 Å². The standard InChI is InChI=1S/C13H14F2/c1-9-3-4-13(2,8-9)10-5-11(14)7-12(15)6-10/h3-7,9H,8H2,1-2H3/t9?,13-/m0/s1. The third-order valence-electron chi connectivity index (χ3n) is 3.06. The zero-order valence-electron chi connectivity index (χ0n) is 8.93. The minimum atomic E-state index is -0.501. The second-order valence-corrected chi connectivity index (χ2v) is 4.62. The smallest absolute Gasteiger partial charge is 0.126 e. The van der Waals surface area contributed by atoms with Gasteiger partial charge in [0.05, 0.1) is 0 Å². The lowest BCUT2D eigenvalue weighted by Crippen LogP contribution is -2.17. The van der Waals surface area contributed by atoms with Crippen molar-refractivity contribution in [3.05, 3.63) is 47.5 Å².